The van der Waals surface area contributed by atoms with Gasteiger partial charge in [-0.3, -0.25) is 0 Å². The molecule has 1 rings (SSSR count). The maximum Gasteiger partial charge on any atom is 0.224 e. The number of nitrogens with two attached hydrogens (primary N) is 1. The molecule has 8 heteroatoms. The Kier molecular flexibility index (Phi) is 2.83. The van der Waals surface area contributed by atoms with E-state index >= 15 is 0 Å². The Hall–Kier alpha value is -1.02. The number of hydrogen-bond donors (Lipinski definition) is 2. The van der Waals surface area contributed by atoms with E-state index in [4.69, 9.17) is 18.0 Å². The standard InChI is InChI=1S/C7H12N4O2S2/c1-7(2,15(3,12)13)4-9-5(8)11-6(14)10-4/h1-3H3,(H3,8,9,10,11,14). The molecule has 0 atom stereocenters. The first-order valence-electron chi connectivity index (χ1n) is 4.08. The third kappa shape index (κ3) is 2.32. The van der Waals surface area contributed by atoms with Crippen molar-refractivity contribution < 1.29 is 8.42 Å². The molecule has 0 aliphatic carbocycles. The second-order valence-electron chi connectivity index (χ2n) is 3.65. The number of rotatable bonds is 2. The Labute approximate surface area is 92.9 Å². The highest BCUT2D eigenvalue weighted by atomic mass is 32.2. The number of nitrogens with zero attached hydrogens (tertiary/aromatic N) is 2. The van der Waals surface area contributed by atoms with Crippen molar-refractivity contribution in [2.24, 2.45) is 0 Å². The average molecular weight is 248 g/mol. The molecule has 0 unspecified atom stereocenters. The highest BCUT2D eigenvalue weighted by Gasteiger charge is 2.35. The Morgan fingerprint density at radius 3 is 2.33 bits per heavy atom. The minimum absolute atomic E-state index is 0.0259. The molecule has 0 aromatic carbocycles. The smallest absolute Gasteiger partial charge is 0.224 e. The lowest BCUT2D eigenvalue weighted by molar-refractivity contribution is 0.549. The predicted molar refractivity (Wildman–Crippen MR) is 59.5 cm³/mol. The molecule has 6 nitrogen and oxygen atoms in total. The van der Waals surface area contributed by atoms with Gasteiger partial charge in [-0.05, 0) is 26.1 Å². The molecule has 0 fully saturated rings. The molecule has 1 heterocycles. The van der Waals surface area contributed by atoms with Gasteiger partial charge in [-0.1, -0.05) is 0 Å². The van der Waals surface area contributed by atoms with Crippen LogP contribution in [-0.2, 0) is 14.6 Å². The second kappa shape index (κ2) is 3.53. The summed E-state index contributed by atoms with van der Waals surface area (Å²) >= 11 is 4.76. The lowest BCUT2D eigenvalue weighted by Crippen LogP contribution is -2.31. The van der Waals surface area contributed by atoms with Crippen molar-refractivity contribution in [3.63, 3.8) is 0 Å². The van der Waals surface area contributed by atoms with E-state index in [1.54, 1.807) is 0 Å². The van der Waals surface area contributed by atoms with E-state index in [0.29, 0.717) is 0 Å². The van der Waals surface area contributed by atoms with Crippen LogP contribution in [0.1, 0.15) is 19.7 Å². The van der Waals surface area contributed by atoms with E-state index in [0.717, 1.165) is 6.26 Å². The van der Waals surface area contributed by atoms with Gasteiger partial charge >= 0.3 is 0 Å². The summed E-state index contributed by atoms with van der Waals surface area (Å²) in [5, 5.41) is 0. The quantitative estimate of drug-likeness (QED) is 0.734. The van der Waals surface area contributed by atoms with Crippen LogP contribution in [0.3, 0.4) is 0 Å². The highest BCUT2D eigenvalue weighted by Crippen LogP contribution is 2.25. The van der Waals surface area contributed by atoms with E-state index in [-0.39, 0.29) is 16.5 Å². The molecule has 0 aliphatic rings. The maximum atomic E-state index is 11.5. The molecule has 0 saturated heterocycles. The molecule has 1 aromatic rings. The normalized spacial score (nSPS) is 12.7. The van der Waals surface area contributed by atoms with Crippen molar-refractivity contribution in [2.45, 2.75) is 18.6 Å². The number of H-pyrrole nitrogens is 1. The van der Waals surface area contributed by atoms with Crippen molar-refractivity contribution in [2.75, 3.05) is 12.0 Å². The van der Waals surface area contributed by atoms with E-state index in [1.165, 1.54) is 13.8 Å². The molecule has 84 valence electrons. The van der Waals surface area contributed by atoms with Crippen LogP contribution >= 0.6 is 12.2 Å². The molecule has 15 heavy (non-hydrogen) atoms. The first-order valence-corrected chi connectivity index (χ1v) is 6.38. The molecule has 0 bridgehead atoms. The zero-order valence-electron chi connectivity index (χ0n) is 8.60. The van der Waals surface area contributed by atoms with Gasteiger partial charge in [0.15, 0.2) is 9.84 Å². The van der Waals surface area contributed by atoms with E-state index in [2.05, 4.69) is 15.0 Å². The summed E-state index contributed by atoms with van der Waals surface area (Å²) in [5.74, 6) is 0.254. The lowest BCUT2D eigenvalue weighted by Gasteiger charge is -2.21. The molecule has 0 amide bonds. The molecule has 0 saturated carbocycles. The van der Waals surface area contributed by atoms with Crippen molar-refractivity contribution in [1.82, 2.24) is 15.0 Å². The number of sulfone groups is 1. The number of aromatic nitrogens is 3. The predicted octanol–water partition coefficient (Wildman–Crippen LogP) is 0.396. The summed E-state index contributed by atoms with van der Waals surface area (Å²) < 4.78 is 21.9. The summed E-state index contributed by atoms with van der Waals surface area (Å²) in [6.45, 7) is 3.05. The van der Waals surface area contributed by atoms with Crippen LogP contribution in [0, 0.1) is 4.77 Å². The van der Waals surface area contributed by atoms with Crippen molar-refractivity contribution in [1.29, 1.82) is 0 Å². The Bertz CT molecular complexity index is 532. The molecule has 0 radical (unpaired) electrons. The van der Waals surface area contributed by atoms with E-state index in [9.17, 15) is 8.42 Å². The third-order valence-corrected chi connectivity index (χ3v) is 4.40. The third-order valence-electron chi connectivity index (χ3n) is 2.17. The lowest BCUT2D eigenvalue weighted by atomic mass is 10.2. The summed E-state index contributed by atoms with van der Waals surface area (Å²) in [6, 6.07) is 0. The molecule has 0 spiro atoms. The van der Waals surface area contributed by atoms with Gasteiger partial charge in [-0.15, -0.1) is 0 Å². The Morgan fingerprint density at radius 1 is 1.40 bits per heavy atom. The number of anilines is 1. The van der Waals surface area contributed by atoms with Gasteiger partial charge < -0.3 is 10.7 Å². The van der Waals surface area contributed by atoms with Gasteiger partial charge in [-0.2, -0.15) is 4.98 Å². The van der Waals surface area contributed by atoms with Crippen LogP contribution in [0.25, 0.3) is 0 Å². The van der Waals surface area contributed by atoms with Crippen LogP contribution in [-0.4, -0.2) is 29.6 Å². The first-order chi connectivity index (χ1) is 6.64. The van der Waals surface area contributed by atoms with Gasteiger partial charge in [0.25, 0.3) is 0 Å². The topological polar surface area (TPSA) is 102 Å². The first kappa shape index (κ1) is 12.1. The van der Waals surface area contributed by atoms with Gasteiger partial charge in [0.1, 0.15) is 10.6 Å². The van der Waals surface area contributed by atoms with Crippen LogP contribution in [0.5, 0.6) is 0 Å². The van der Waals surface area contributed by atoms with Gasteiger partial charge in [0, 0.05) is 6.26 Å². The molecular weight excluding hydrogens is 236 g/mol. The maximum absolute atomic E-state index is 11.5. The largest absolute Gasteiger partial charge is 0.369 e. The number of nitrogens with one attached hydrogen (secondary N) is 1. The Balaban J connectivity index is 3.47. The summed E-state index contributed by atoms with van der Waals surface area (Å²) in [7, 11) is -3.31. The van der Waals surface area contributed by atoms with Crippen LogP contribution < -0.4 is 5.73 Å². The summed E-state index contributed by atoms with van der Waals surface area (Å²) in [4.78, 5) is 10.1. The van der Waals surface area contributed by atoms with Gasteiger partial charge in [0.05, 0.1) is 0 Å². The SMILES string of the molecule is CC(C)(c1nc(=S)nc(N)[nH]1)S(C)(=O)=O. The molecule has 3 N–H and O–H groups in total. The van der Waals surface area contributed by atoms with Crippen LogP contribution in [0.15, 0.2) is 0 Å². The van der Waals surface area contributed by atoms with Gasteiger partial charge in [0.2, 0.25) is 10.7 Å². The zero-order valence-corrected chi connectivity index (χ0v) is 10.2. The summed E-state index contributed by atoms with van der Waals surface area (Å²) in [6.07, 6.45) is 1.13. The fourth-order valence-electron chi connectivity index (χ4n) is 0.862. The van der Waals surface area contributed by atoms with E-state index < -0.39 is 14.6 Å². The average Bonchev–Trinajstić information content (AvgIpc) is 1.99. The second-order valence-corrected chi connectivity index (χ2v) is 6.58. The van der Waals surface area contributed by atoms with Crippen LogP contribution in [0.4, 0.5) is 5.95 Å². The zero-order chi connectivity index (χ0) is 11.9. The van der Waals surface area contributed by atoms with E-state index in [1.807, 2.05) is 0 Å². The fraction of sp³-hybridized carbons (Fsp3) is 0.571. The van der Waals surface area contributed by atoms with Crippen molar-refractivity contribution in [3.8, 4) is 0 Å². The molecular formula is C7H12N4O2S2. The molecule has 0 aliphatic heterocycles. The number of hydrogen-bond acceptors (Lipinski definition) is 6. The minimum Gasteiger partial charge on any atom is -0.369 e. The van der Waals surface area contributed by atoms with Crippen molar-refractivity contribution >= 4 is 28.0 Å². The van der Waals surface area contributed by atoms with Crippen molar-refractivity contribution in [3.05, 3.63) is 10.6 Å². The fourth-order valence-corrected chi connectivity index (χ4v) is 1.50. The number of aromatic amines is 1. The highest BCUT2D eigenvalue weighted by molar-refractivity contribution is 7.91. The Morgan fingerprint density at radius 2 is 1.93 bits per heavy atom. The minimum atomic E-state index is -3.31. The van der Waals surface area contributed by atoms with Crippen LogP contribution in [0.2, 0.25) is 0 Å². The monoisotopic (exact) mass is 248 g/mol. The number of nitrogen functional groups attached to an aromatic ring is 1. The summed E-state index contributed by atoms with van der Waals surface area (Å²) in [5.41, 5.74) is 5.43. The van der Waals surface area contributed by atoms with Gasteiger partial charge in [-0.25, -0.2) is 13.4 Å². The molecule has 1 aromatic heterocycles.